The van der Waals surface area contributed by atoms with Crippen LogP contribution in [0, 0.1) is 11.3 Å². The number of rotatable bonds is 3. The highest BCUT2D eigenvalue weighted by Crippen LogP contribution is 2.24. The molecule has 0 fully saturated rings. The van der Waals surface area contributed by atoms with E-state index in [0.717, 1.165) is 17.6 Å². The highest BCUT2D eigenvalue weighted by molar-refractivity contribution is 5.80. The summed E-state index contributed by atoms with van der Waals surface area (Å²) in [5.74, 6) is 0.461. The van der Waals surface area contributed by atoms with Crippen LogP contribution < -0.4 is 5.73 Å². The number of nitrogen functional groups attached to an aromatic ring is 1. The number of hydrogen-bond acceptors (Lipinski definition) is 4. The second-order valence-electron chi connectivity index (χ2n) is 4.76. The van der Waals surface area contributed by atoms with Crippen molar-refractivity contribution in [2.45, 2.75) is 19.5 Å². The number of imidazole rings is 2. The number of benzene rings is 1. The molecule has 100 valence electrons. The normalized spacial score (nSPS) is 12.4. The SMILES string of the molecule is CC(Cn1ccnc1)n1c(N)nc2ccc(C#N)cc21. The van der Waals surface area contributed by atoms with Gasteiger partial charge in [0.05, 0.1) is 35.0 Å². The molecule has 0 aliphatic heterocycles. The molecule has 0 saturated carbocycles. The molecule has 0 aliphatic rings. The molecule has 1 unspecified atom stereocenters. The van der Waals surface area contributed by atoms with Gasteiger partial charge in [-0.15, -0.1) is 0 Å². The summed E-state index contributed by atoms with van der Waals surface area (Å²) in [6, 6.07) is 7.65. The van der Waals surface area contributed by atoms with Gasteiger partial charge in [0.15, 0.2) is 0 Å². The van der Waals surface area contributed by atoms with E-state index in [1.54, 1.807) is 18.6 Å². The van der Waals surface area contributed by atoms with Crippen LogP contribution in [-0.2, 0) is 6.54 Å². The Bertz CT molecular complexity index is 778. The maximum Gasteiger partial charge on any atom is 0.201 e. The molecule has 0 radical (unpaired) electrons. The largest absolute Gasteiger partial charge is 0.369 e. The van der Waals surface area contributed by atoms with Crippen molar-refractivity contribution in [3.63, 3.8) is 0 Å². The lowest BCUT2D eigenvalue weighted by Gasteiger charge is -2.16. The van der Waals surface area contributed by atoms with Crippen molar-refractivity contribution in [2.24, 2.45) is 0 Å². The van der Waals surface area contributed by atoms with Gasteiger partial charge in [0.25, 0.3) is 0 Å². The zero-order valence-electron chi connectivity index (χ0n) is 11.1. The molecule has 0 saturated heterocycles. The molecule has 0 aliphatic carbocycles. The molecule has 6 nitrogen and oxygen atoms in total. The van der Waals surface area contributed by atoms with Gasteiger partial charge in [-0.25, -0.2) is 9.97 Å². The van der Waals surface area contributed by atoms with Gasteiger partial charge in [-0.3, -0.25) is 0 Å². The van der Waals surface area contributed by atoms with Crippen LogP contribution in [0.25, 0.3) is 11.0 Å². The molecule has 1 atom stereocenters. The van der Waals surface area contributed by atoms with E-state index in [4.69, 9.17) is 11.0 Å². The summed E-state index contributed by atoms with van der Waals surface area (Å²) < 4.78 is 3.94. The topological polar surface area (TPSA) is 85.4 Å². The van der Waals surface area contributed by atoms with Crippen molar-refractivity contribution in [3.05, 3.63) is 42.5 Å². The van der Waals surface area contributed by atoms with Gasteiger partial charge in [0.2, 0.25) is 5.95 Å². The minimum Gasteiger partial charge on any atom is -0.369 e. The summed E-state index contributed by atoms with van der Waals surface area (Å²) in [5, 5.41) is 9.02. The average molecular weight is 266 g/mol. The first-order valence-corrected chi connectivity index (χ1v) is 6.32. The highest BCUT2D eigenvalue weighted by atomic mass is 15.2. The van der Waals surface area contributed by atoms with Crippen LogP contribution in [0.2, 0.25) is 0 Å². The molecule has 20 heavy (non-hydrogen) atoms. The quantitative estimate of drug-likeness (QED) is 0.785. The van der Waals surface area contributed by atoms with E-state index >= 15 is 0 Å². The molecule has 2 aromatic heterocycles. The molecule has 0 bridgehead atoms. The van der Waals surface area contributed by atoms with Crippen molar-refractivity contribution in [1.82, 2.24) is 19.1 Å². The Morgan fingerprint density at radius 2 is 2.30 bits per heavy atom. The highest BCUT2D eigenvalue weighted by Gasteiger charge is 2.14. The fourth-order valence-corrected chi connectivity index (χ4v) is 2.43. The first-order chi connectivity index (χ1) is 9.69. The summed E-state index contributed by atoms with van der Waals surface area (Å²) in [5.41, 5.74) is 8.31. The van der Waals surface area contributed by atoms with Crippen molar-refractivity contribution in [2.75, 3.05) is 5.73 Å². The molecule has 3 rings (SSSR count). The summed E-state index contributed by atoms with van der Waals surface area (Å²) in [4.78, 5) is 8.38. The van der Waals surface area contributed by atoms with Gasteiger partial charge in [-0.05, 0) is 25.1 Å². The molecular weight excluding hydrogens is 252 g/mol. The number of nitrogens with two attached hydrogens (primary N) is 1. The summed E-state index contributed by atoms with van der Waals surface area (Å²) in [6.07, 6.45) is 5.43. The molecule has 0 amide bonds. The smallest absolute Gasteiger partial charge is 0.201 e. The van der Waals surface area contributed by atoms with Crippen LogP contribution in [0.4, 0.5) is 5.95 Å². The molecule has 2 N–H and O–H groups in total. The predicted molar refractivity (Wildman–Crippen MR) is 75.8 cm³/mol. The lowest BCUT2D eigenvalue weighted by atomic mass is 10.2. The number of hydrogen-bond donors (Lipinski definition) is 1. The van der Waals surface area contributed by atoms with Gasteiger partial charge >= 0.3 is 0 Å². The Morgan fingerprint density at radius 1 is 1.45 bits per heavy atom. The third-order valence-electron chi connectivity index (χ3n) is 3.32. The molecule has 6 heteroatoms. The first kappa shape index (κ1) is 12.2. The average Bonchev–Trinajstić information content (AvgIpc) is 3.04. The third-order valence-corrected chi connectivity index (χ3v) is 3.32. The van der Waals surface area contributed by atoms with Crippen LogP contribution in [0.3, 0.4) is 0 Å². The Kier molecular flexibility index (Phi) is 2.88. The fourth-order valence-electron chi connectivity index (χ4n) is 2.43. The minimum atomic E-state index is 0.114. The standard InChI is InChI=1S/C14H14N6/c1-10(8-19-5-4-17-9-19)20-13-6-11(7-15)2-3-12(13)18-14(20)16/h2-6,9-10H,8H2,1H3,(H2,16,18). The van der Waals surface area contributed by atoms with Gasteiger partial charge in [0, 0.05) is 18.9 Å². The lowest BCUT2D eigenvalue weighted by molar-refractivity contribution is 0.479. The van der Waals surface area contributed by atoms with E-state index in [-0.39, 0.29) is 6.04 Å². The van der Waals surface area contributed by atoms with Crippen LogP contribution in [0.5, 0.6) is 0 Å². The molecule has 0 spiro atoms. The first-order valence-electron chi connectivity index (χ1n) is 6.32. The maximum absolute atomic E-state index is 9.02. The van der Waals surface area contributed by atoms with Crippen molar-refractivity contribution >= 4 is 17.0 Å². The number of nitriles is 1. The Hall–Kier alpha value is -2.81. The van der Waals surface area contributed by atoms with E-state index < -0.39 is 0 Å². The van der Waals surface area contributed by atoms with Crippen molar-refractivity contribution in [3.8, 4) is 6.07 Å². The predicted octanol–water partition coefficient (Wildman–Crippen LogP) is 1.95. The monoisotopic (exact) mass is 266 g/mol. The second-order valence-corrected chi connectivity index (χ2v) is 4.76. The lowest BCUT2D eigenvalue weighted by Crippen LogP contribution is -2.14. The second kappa shape index (κ2) is 4.70. The Balaban J connectivity index is 2.05. The van der Waals surface area contributed by atoms with Crippen molar-refractivity contribution < 1.29 is 0 Å². The van der Waals surface area contributed by atoms with E-state index in [0.29, 0.717) is 11.5 Å². The number of nitrogens with zero attached hydrogens (tertiary/aromatic N) is 5. The molecule has 1 aromatic carbocycles. The zero-order chi connectivity index (χ0) is 14.1. The molecular formula is C14H14N6. The van der Waals surface area contributed by atoms with Gasteiger partial charge in [-0.1, -0.05) is 0 Å². The van der Waals surface area contributed by atoms with E-state index in [9.17, 15) is 0 Å². The Morgan fingerprint density at radius 3 is 3.00 bits per heavy atom. The van der Waals surface area contributed by atoms with E-state index in [1.165, 1.54) is 0 Å². The fraction of sp³-hybridized carbons (Fsp3) is 0.214. The van der Waals surface area contributed by atoms with Gasteiger partial charge < -0.3 is 14.9 Å². The maximum atomic E-state index is 9.02. The number of anilines is 1. The number of aromatic nitrogens is 4. The van der Waals surface area contributed by atoms with E-state index in [2.05, 4.69) is 23.0 Å². The van der Waals surface area contributed by atoms with Gasteiger partial charge in [0.1, 0.15) is 0 Å². The summed E-state index contributed by atoms with van der Waals surface area (Å²) >= 11 is 0. The van der Waals surface area contributed by atoms with Gasteiger partial charge in [-0.2, -0.15) is 5.26 Å². The Labute approximate surface area is 116 Å². The van der Waals surface area contributed by atoms with Crippen LogP contribution in [0.15, 0.2) is 36.9 Å². The summed E-state index contributed by atoms with van der Waals surface area (Å²) in [6.45, 7) is 2.81. The summed E-state index contributed by atoms with van der Waals surface area (Å²) in [7, 11) is 0. The minimum absolute atomic E-state index is 0.114. The van der Waals surface area contributed by atoms with Crippen molar-refractivity contribution in [1.29, 1.82) is 5.26 Å². The molecule has 3 aromatic rings. The third kappa shape index (κ3) is 1.99. The molecule has 2 heterocycles. The van der Waals surface area contributed by atoms with Crippen LogP contribution in [0.1, 0.15) is 18.5 Å². The number of fused-ring (bicyclic) bond motifs is 1. The van der Waals surface area contributed by atoms with Crippen LogP contribution in [-0.4, -0.2) is 19.1 Å². The van der Waals surface area contributed by atoms with E-state index in [1.807, 2.05) is 27.5 Å². The zero-order valence-corrected chi connectivity index (χ0v) is 11.1. The van der Waals surface area contributed by atoms with Crippen LogP contribution >= 0.6 is 0 Å².